The summed E-state index contributed by atoms with van der Waals surface area (Å²) in [4.78, 5) is 10.6. The van der Waals surface area contributed by atoms with Gasteiger partial charge in [-0.3, -0.25) is 10.1 Å². The number of hydrogen-bond acceptors (Lipinski definition) is 2. The summed E-state index contributed by atoms with van der Waals surface area (Å²) in [5.74, 6) is 0. The summed E-state index contributed by atoms with van der Waals surface area (Å²) in [5.41, 5.74) is 2.83. The molecule has 2 aromatic rings. The lowest BCUT2D eigenvalue weighted by Gasteiger charge is -2.11. The Bertz CT molecular complexity index is 646. The fourth-order valence-corrected chi connectivity index (χ4v) is 2.58. The van der Waals surface area contributed by atoms with Crippen LogP contribution in [0.1, 0.15) is 22.1 Å². The van der Waals surface area contributed by atoms with Crippen molar-refractivity contribution in [1.82, 2.24) is 0 Å². The molecule has 0 radical (unpaired) electrons. The quantitative estimate of drug-likeness (QED) is 0.431. The maximum absolute atomic E-state index is 11.0. The second-order valence-corrected chi connectivity index (χ2v) is 5.95. The number of nitro benzene ring substituents is 1. The minimum atomic E-state index is -0.369. The smallest absolute Gasteiger partial charge is 0.258 e. The lowest BCUT2D eigenvalue weighted by atomic mass is 10.0. The van der Waals surface area contributed by atoms with E-state index >= 15 is 0 Å². The van der Waals surface area contributed by atoms with Crippen LogP contribution in [0.2, 0.25) is 0 Å². The summed E-state index contributed by atoms with van der Waals surface area (Å²) in [5, 5.41) is 10.7. The fourth-order valence-electron chi connectivity index (χ4n) is 2.04. The van der Waals surface area contributed by atoms with Crippen LogP contribution in [0.5, 0.6) is 0 Å². The van der Waals surface area contributed by atoms with Crippen molar-refractivity contribution in [3.05, 3.63) is 73.7 Å². The average molecular weight is 355 g/mol. The van der Waals surface area contributed by atoms with Crippen LogP contribution in [0, 0.1) is 17.0 Å². The van der Waals surface area contributed by atoms with Crippen LogP contribution in [0.3, 0.4) is 0 Å². The van der Waals surface area contributed by atoms with Crippen LogP contribution in [-0.2, 0) is 6.42 Å². The molecule has 2 aromatic carbocycles. The molecule has 1 unspecified atom stereocenters. The van der Waals surface area contributed by atoms with Gasteiger partial charge in [-0.05, 0) is 30.5 Å². The first-order valence-corrected chi connectivity index (χ1v) is 7.34. The van der Waals surface area contributed by atoms with Crippen molar-refractivity contribution in [2.24, 2.45) is 0 Å². The van der Waals surface area contributed by atoms with E-state index in [1.807, 2.05) is 25.1 Å². The molecule has 0 saturated carbocycles. The zero-order valence-electron chi connectivity index (χ0n) is 10.8. The summed E-state index contributed by atoms with van der Waals surface area (Å²) in [6.07, 6.45) is 0.430. The topological polar surface area (TPSA) is 43.1 Å². The molecule has 0 amide bonds. The van der Waals surface area contributed by atoms with Gasteiger partial charge >= 0.3 is 0 Å². The van der Waals surface area contributed by atoms with Crippen molar-refractivity contribution in [1.29, 1.82) is 0 Å². The van der Waals surface area contributed by atoms with E-state index in [0.29, 0.717) is 12.0 Å². The van der Waals surface area contributed by atoms with E-state index in [2.05, 4.69) is 15.9 Å². The first kappa shape index (κ1) is 15.0. The van der Waals surface area contributed by atoms with E-state index in [-0.39, 0.29) is 16.0 Å². The van der Waals surface area contributed by atoms with Gasteiger partial charge in [-0.25, -0.2) is 0 Å². The third-order valence-corrected chi connectivity index (χ3v) is 4.43. The summed E-state index contributed by atoms with van der Waals surface area (Å²) >= 11 is 9.85. The van der Waals surface area contributed by atoms with E-state index < -0.39 is 0 Å². The van der Waals surface area contributed by atoms with E-state index in [4.69, 9.17) is 11.6 Å². The highest BCUT2D eigenvalue weighted by Gasteiger charge is 2.17. The number of nitrogens with zero attached hydrogens (tertiary/aromatic N) is 1. The number of alkyl halides is 1. The molecule has 20 heavy (non-hydrogen) atoms. The Morgan fingerprint density at radius 3 is 2.65 bits per heavy atom. The van der Waals surface area contributed by atoms with Crippen LogP contribution in [0.25, 0.3) is 0 Å². The zero-order valence-corrected chi connectivity index (χ0v) is 13.2. The normalized spacial score (nSPS) is 12.2. The number of aryl methyl sites for hydroxylation is 1. The molecule has 1 atom stereocenters. The molecule has 0 aromatic heterocycles. The van der Waals surface area contributed by atoms with Gasteiger partial charge in [0.2, 0.25) is 0 Å². The van der Waals surface area contributed by atoms with E-state index in [0.717, 1.165) is 15.6 Å². The summed E-state index contributed by atoms with van der Waals surface area (Å²) in [7, 11) is 0. The standard InChI is InChI=1S/C15H13BrClNO2/c1-10-8-11(6-7-13(10)16)14(17)9-12-4-2-3-5-15(12)18(19)20/h2-8,14H,9H2,1H3. The molecule has 0 aliphatic rings. The predicted molar refractivity (Wildman–Crippen MR) is 84.3 cm³/mol. The second kappa shape index (κ2) is 6.37. The number of halogens is 2. The predicted octanol–water partition coefficient (Wildman–Crippen LogP) is 5.19. The molecule has 0 N–H and O–H groups in total. The number of hydrogen-bond donors (Lipinski definition) is 0. The molecule has 0 bridgehead atoms. The fraction of sp³-hybridized carbons (Fsp3) is 0.200. The van der Waals surface area contributed by atoms with Gasteiger partial charge in [0, 0.05) is 16.1 Å². The Labute approximate surface area is 130 Å². The zero-order chi connectivity index (χ0) is 14.7. The minimum absolute atomic E-state index is 0.118. The maximum Gasteiger partial charge on any atom is 0.272 e. The summed E-state index contributed by atoms with van der Waals surface area (Å²) < 4.78 is 1.02. The molecule has 5 heteroatoms. The molecule has 104 valence electrons. The minimum Gasteiger partial charge on any atom is -0.258 e. The van der Waals surface area contributed by atoms with Crippen molar-refractivity contribution in [2.75, 3.05) is 0 Å². The highest BCUT2D eigenvalue weighted by molar-refractivity contribution is 9.10. The molecule has 0 saturated heterocycles. The molecule has 0 aliphatic heterocycles. The number of para-hydroxylation sites is 1. The Kier molecular flexibility index (Phi) is 4.78. The molecular formula is C15H13BrClNO2. The molecule has 2 rings (SSSR count). The van der Waals surface area contributed by atoms with Gasteiger partial charge in [-0.1, -0.05) is 46.3 Å². The number of nitro groups is 1. The van der Waals surface area contributed by atoms with Gasteiger partial charge in [-0.2, -0.15) is 0 Å². The third-order valence-electron chi connectivity index (χ3n) is 3.13. The maximum atomic E-state index is 11.0. The van der Waals surface area contributed by atoms with Crippen molar-refractivity contribution in [2.45, 2.75) is 18.7 Å². The van der Waals surface area contributed by atoms with Crippen LogP contribution in [-0.4, -0.2) is 4.92 Å². The van der Waals surface area contributed by atoms with Gasteiger partial charge in [0.05, 0.1) is 10.3 Å². The second-order valence-electron chi connectivity index (χ2n) is 4.57. The molecule has 0 fully saturated rings. The van der Waals surface area contributed by atoms with E-state index in [1.54, 1.807) is 18.2 Å². The first-order chi connectivity index (χ1) is 9.49. The Balaban J connectivity index is 2.25. The van der Waals surface area contributed by atoms with Crippen LogP contribution in [0.15, 0.2) is 46.9 Å². The van der Waals surface area contributed by atoms with E-state index in [1.165, 1.54) is 6.07 Å². The van der Waals surface area contributed by atoms with Gasteiger partial charge in [0.1, 0.15) is 0 Å². The van der Waals surface area contributed by atoms with Crippen LogP contribution in [0.4, 0.5) is 5.69 Å². The monoisotopic (exact) mass is 353 g/mol. The molecule has 0 aliphatic carbocycles. The van der Waals surface area contributed by atoms with Gasteiger partial charge in [0.25, 0.3) is 5.69 Å². The number of rotatable bonds is 4. The van der Waals surface area contributed by atoms with Crippen molar-refractivity contribution in [3.8, 4) is 0 Å². The molecule has 0 heterocycles. The van der Waals surface area contributed by atoms with Crippen molar-refractivity contribution in [3.63, 3.8) is 0 Å². The van der Waals surface area contributed by atoms with Crippen LogP contribution >= 0.6 is 27.5 Å². The van der Waals surface area contributed by atoms with Gasteiger partial charge in [-0.15, -0.1) is 11.6 Å². The highest BCUT2D eigenvalue weighted by Crippen LogP contribution is 2.31. The first-order valence-electron chi connectivity index (χ1n) is 6.11. The highest BCUT2D eigenvalue weighted by atomic mass is 79.9. The van der Waals surface area contributed by atoms with Crippen molar-refractivity contribution < 1.29 is 4.92 Å². The van der Waals surface area contributed by atoms with Crippen molar-refractivity contribution >= 4 is 33.2 Å². The molecule has 0 spiro atoms. The molecule has 3 nitrogen and oxygen atoms in total. The average Bonchev–Trinajstić information content (AvgIpc) is 2.42. The third kappa shape index (κ3) is 3.38. The lowest BCUT2D eigenvalue weighted by Crippen LogP contribution is -2.00. The van der Waals surface area contributed by atoms with Gasteiger partial charge in [0.15, 0.2) is 0 Å². The molecular weight excluding hydrogens is 342 g/mol. The summed E-state index contributed by atoms with van der Waals surface area (Å²) in [6.45, 7) is 1.99. The Hall–Kier alpha value is -1.39. The van der Waals surface area contributed by atoms with Gasteiger partial charge < -0.3 is 0 Å². The van der Waals surface area contributed by atoms with E-state index in [9.17, 15) is 10.1 Å². The Morgan fingerprint density at radius 1 is 1.30 bits per heavy atom. The summed E-state index contributed by atoms with van der Waals surface area (Å²) in [6, 6.07) is 12.6. The largest absolute Gasteiger partial charge is 0.272 e. The lowest BCUT2D eigenvalue weighted by molar-refractivity contribution is -0.385. The Morgan fingerprint density at radius 2 is 2.00 bits per heavy atom. The van der Waals surface area contributed by atoms with Crippen LogP contribution < -0.4 is 0 Å². The SMILES string of the molecule is Cc1cc(C(Cl)Cc2ccccc2[N+](=O)[O-])ccc1Br. The number of benzene rings is 2.